The molecule has 0 aliphatic heterocycles. The molecule has 0 spiro atoms. The van der Waals surface area contributed by atoms with Crippen LogP contribution in [0.4, 0.5) is 11.5 Å². The molecule has 1 atom stereocenters. The lowest BCUT2D eigenvalue weighted by Crippen LogP contribution is -2.33. The summed E-state index contributed by atoms with van der Waals surface area (Å²) in [5.74, 6) is 1.23. The minimum Gasteiger partial charge on any atom is -0.382 e. The highest BCUT2D eigenvalue weighted by atomic mass is 15.2. The summed E-state index contributed by atoms with van der Waals surface area (Å²) >= 11 is 0. The van der Waals surface area contributed by atoms with Gasteiger partial charge in [0.05, 0.1) is 11.9 Å². The molecule has 0 saturated heterocycles. The molecule has 0 radical (unpaired) electrons. The molecule has 0 aliphatic carbocycles. The van der Waals surface area contributed by atoms with E-state index in [2.05, 4.69) is 35.9 Å². The first-order valence-electron chi connectivity index (χ1n) is 4.55. The predicted molar refractivity (Wildman–Crippen MR) is 55.7 cm³/mol. The molecule has 1 aromatic rings. The Bertz CT molecular complexity index is 266. The monoisotopic (exact) mass is 182 g/mol. The number of nitrogen functional groups attached to an aromatic ring is 1. The summed E-state index contributed by atoms with van der Waals surface area (Å²) in [5, 5.41) is 6.62. The van der Waals surface area contributed by atoms with Crippen LogP contribution in [0.3, 0.4) is 0 Å². The third-order valence-electron chi connectivity index (χ3n) is 2.60. The number of nitrogens with zero attached hydrogens (tertiary/aromatic N) is 2. The van der Waals surface area contributed by atoms with Gasteiger partial charge in [0.15, 0.2) is 0 Å². The summed E-state index contributed by atoms with van der Waals surface area (Å²) in [4.78, 5) is 2.14. The highest BCUT2D eigenvalue weighted by Gasteiger charge is 2.16. The molecule has 74 valence electrons. The Kier molecular flexibility index (Phi) is 2.80. The van der Waals surface area contributed by atoms with E-state index < -0.39 is 0 Å². The molecule has 4 nitrogen and oxygen atoms in total. The van der Waals surface area contributed by atoms with Crippen molar-refractivity contribution >= 4 is 11.5 Å². The zero-order chi connectivity index (χ0) is 10.0. The Morgan fingerprint density at radius 2 is 2.08 bits per heavy atom. The average Bonchev–Trinajstić information content (AvgIpc) is 2.48. The van der Waals surface area contributed by atoms with Crippen molar-refractivity contribution in [2.24, 2.45) is 5.92 Å². The second-order valence-electron chi connectivity index (χ2n) is 3.76. The van der Waals surface area contributed by atoms with Crippen LogP contribution in [0.15, 0.2) is 6.20 Å². The molecular weight excluding hydrogens is 164 g/mol. The number of rotatable bonds is 3. The average molecular weight is 182 g/mol. The summed E-state index contributed by atoms with van der Waals surface area (Å²) in [5.41, 5.74) is 6.69. The quantitative estimate of drug-likeness (QED) is 0.744. The maximum Gasteiger partial charge on any atom is 0.142 e. The number of aromatic nitrogens is 2. The smallest absolute Gasteiger partial charge is 0.142 e. The van der Waals surface area contributed by atoms with Crippen molar-refractivity contribution in [3.8, 4) is 0 Å². The predicted octanol–water partition coefficient (Wildman–Crippen LogP) is 1.47. The molecule has 0 fully saturated rings. The van der Waals surface area contributed by atoms with Crippen molar-refractivity contribution < 1.29 is 0 Å². The number of hydrogen-bond donors (Lipinski definition) is 2. The minimum absolute atomic E-state index is 0.458. The van der Waals surface area contributed by atoms with Crippen molar-refractivity contribution in [1.82, 2.24) is 10.2 Å². The van der Waals surface area contributed by atoms with Crippen LogP contribution in [-0.2, 0) is 0 Å². The summed E-state index contributed by atoms with van der Waals surface area (Å²) < 4.78 is 0. The molecule has 0 aromatic carbocycles. The van der Waals surface area contributed by atoms with Crippen LogP contribution >= 0.6 is 0 Å². The largest absolute Gasteiger partial charge is 0.382 e. The Balaban J connectivity index is 2.79. The number of aromatic amines is 1. The molecule has 0 amide bonds. The molecular formula is C9H18N4. The highest BCUT2D eigenvalue weighted by molar-refractivity contribution is 5.62. The third-order valence-corrected chi connectivity index (χ3v) is 2.60. The van der Waals surface area contributed by atoms with E-state index in [9.17, 15) is 0 Å². The van der Waals surface area contributed by atoms with E-state index in [4.69, 9.17) is 5.73 Å². The Labute approximate surface area is 79.1 Å². The second kappa shape index (κ2) is 3.68. The fourth-order valence-corrected chi connectivity index (χ4v) is 1.24. The summed E-state index contributed by atoms with van der Waals surface area (Å²) in [6.45, 7) is 6.56. The van der Waals surface area contributed by atoms with Crippen molar-refractivity contribution in [2.75, 3.05) is 17.7 Å². The zero-order valence-corrected chi connectivity index (χ0v) is 8.70. The zero-order valence-electron chi connectivity index (χ0n) is 8.70. The van der Waals surface area contributed by atoms with E-state index >= 15 is 0 Å². The van der Waals surface area contributed by atoms with Crippen molar-refractivity contribution in [1.29, 1.82) is 0 Å². The second-order valence-corrected chi connectivity index (χ2v) is 3.76. The van der Waals surface area contributed by atoms with Crippen LogP contribution < -0.4 is 10.6 Å². The number of H-pyrrole nitrogens is 1. The van der Waals surface area contributed by atoms with Gasteiger partial charge in [-0.15, -0.1) is 0 Å². The lowest BCUT2D eigenvalue weighted by molar-refractivity contribution is 0.506. The maximum atomic E-state index is 5.72. The first-order valence-corrected chi connectivity index (χ1v) is 4.55. The van der Waals surface area contributed by atoms with Gasteiger partial charge in [-0.05, 0) is 12.8 Å². The van der Waals surface area contributed by atoms with Crippen LogP contribution in [0, 0.1) is 5.92 Å². The number of nitrogens with one attached hydrogen (secondary N) is 1. The number of hydrogen-bond acceptors (Lipinski definition) is 3. The molecule has 1 rings (SSSR count). The molecule has 13 heavy (non-hydrogen) atoms. The molecule has 1 heterocycles. The van der Waals surface area contributed by atoms with E-state index in [1.165, 1.54) is 0 Å². The van der Waals surface area contributed by atoms with Gasteiger partial charge in [0.1, 0.15) is 5.82 Å². The molecule has 0 bridgehead atoms. The molecule has 0 aliphatic rings. The van der Waals surface area contributed by atoms with Crippen LogP contribution in [0.1, 0.15) is 20.8 Å². The minimum atomic E-state index is 0.458. The van der Waals surface area contributed by atoms with E-state index in [1.54, 1.807) is 6.20 Å². The lowest BCUT2D eigenvalue weighted by Gasteiger charge is -2.28. The van der Waals surface area contributed by atoms with E-state index in [1.807, 2.05) is 7.05 Å². The van der Waals surface area contributed by atoms with E-state index in [-0.39, 0.29) is 0 Å². The van der Waals surface area contributed by atoms with Crippen LogP contribution in [0.25, 0.3) is 0 Å². The van der Waals surface area contributed by atoms with Gasteiger partial charge >= 0.3 is 0 Å². The SMILES string of the molecule is CC(C)C(C)N(C)c1cn[nH]c1N. The normalized spacial score (nSPS) is 13.3. The van der Waals surface area contributed by atoms with Gasteiger partial charge in [-0.3, -0.25) is 5.10 Å². The highest BCUT2D eigenvalue weighted by Crippen LogP contribution is 2.22. The van der Waals surface area contributed by atoms with Gasteiger partial charge in [0, 0.05) is 13.1 Å². The van der Waals surface area contributed by atoms with Gasteiger partial charge in [-0.2, -0.15) is 5.10 Å². The van der Waals surface area contributed by atoms with Gasteiger partial charge in [0.25, 0.3) is 0 Å². The summed E-state index contributed by atoms with van der Waals surface area (Å²) in [6, 6.07) is 0.458. The molecule has 3 N–H and O–H groups in total. The van der Waals surface area contributed by atoms with Gasteiger partial charge < -0.3 is 10.6 Å². The van der Waals surface area contributed by atoms with Crippen LogP contribution in [0.2, 0.25) is 0 Å². The van der Waals surface area contributed by atoms with Crippen LogP contribution in [0.5, 0.6) is 0 Å². The fourth-order valence-electron chi connectivity index (χ4n) is 1.24. The fraction of sp³-hybridized carbons (Fsp3) is 0.667. The first-order chi connectivity index (χ1) is 6.04. The van der Waals surface area contributed by atoms with E-state index in [0.717, 1.165) is 5.69 Å². The van der Waals surface area contributed by atoms with Gasteiger partial charge in [-0.25, -0.2) is 0 Å². The lowest BCUT2D eigenvalue weighted by atomic mass is 10.1. The van der Waals surface area contributed by atoms with E-state index in [0.29, 0.717) is 17.8 Å². The van der Waals surface area contributed by atoms with Crippen molar-refractivity contribution in [3.63, 3.8) is 0 Å². The van der Waals surface area contributed by atoms with Crippen molar-refractivity contribution in [2.45, 2.75) is 26.8 Å². The Morgan fingerprint density at radius 1 is 1.46 bits per heavy atom. The standard InChI is InChI=1S/C9H18N4/c1-6(2)7(3)13(4)8-5-11-12-9(8)10/h5-7H,1-4H3,(H3,10,11,12). The third kappa shape index (κ3) is 1.94. The topological polar surface area (TPSA) is 57.9 Å². The number of anilines is 2. The Hall–Kier alpha value is -1.19. The number of nitrogens with two attached hydrogens (primary N) is 1. The molecule has 4 heteroatoms. The molecule has 1 unspecified atom stereocenters. The maximum absolute atomic E-state index is 5.72. The molecule has 1 aromatic heterocycles. The van der Waals surface area contributed by atoms with Crippen molar-refractivity contribution in [3.05, 3.63) is 6.20 Å². The van der Waals surface area contributed by atoms with Gasteiger partial charge in [-0.1, -0.05) is 13.8 Å². The summed E-state index contributed by atoms with van der Waals surface area (Å²) in [7, 11) is 2.03. The first kappa shape index (κ1) is 9.89. The summed E-state index contributed by atoms with van der Waals surface area (Å²) in [6.07, 6.45) is 1.76. The molecule has 0 saturated carbocycles. The Morgan fingerprint density at radius 3 is 2.46 bits per heavy atom. The van der Waals surface area contributed by atoms with Crippen LogP contribution in [-0.4, -0.2) is 23.3 Å². The van der Waals surface area contributed by atoms with Gasteiger partial charge in [0.2, 0.25) is 0 Å².